The van der Waals surface area contributed by atoms with E-state index >= 15 is 0 Å². The molecule has 1 atom stereocenters. The van der Waals surface area contributed by atoms with E-state index in [1.807, 2.05) is 19.2 Å². The summed E-state index contributed by atoms with van der Waals surface area (Å²) in [5.41, 5.74) is 3.03. The van der Waals surface area contributed by atoms with Crippen molar-refractivity contribution in [3.63, 3.8) is 0 Å². The summed E-state index contributed by atoms with van der Waals surface area (Å²) < 4.78 is 5.06. The van der Waals surface area contributed by atoms with Gasteiger partial charge in [-0.1, -0.05) is 6.92 Å². The largest absolute Gasteiger partial charge is 0.381 e. The minimum absolute atomic E-state index is 0.824. The molecule has 0 bridgehead atoms. The maximum Gasteiger partial charge on any atom is 0.137 e. The number of nitrogens with one attached hydrogen (secondary N) is 1. The molecule has 0 spiro atoms. The van der Waals surface area contributed by atoms with Gasteiger partial charge in [-0.25, -0.2) is 4.98 Å². The second kappa shape index (κ2) is 6.48. The van der Waals surface area contributed by atoms with Gasteiger partial charge in [0.2, 0.25) is 0 Å². The average molecular weight is 259 g/mol. The first kappa shape index (κ1) is 13.7. The Bertz CT molecular complexity index is 554. The minimum atomic E-state index is 0.824. The summed E-state index contributed by atoms with van der Waals surface area (Å²) in [6.45, 7) is 8.15. The van der Waals surface area contributed by atoms with Crippen LogP contribution in [0.25, 0.3) is 11.0 Å². The Kier molecular flexibility index (Phi) is 4.68. The molecule has 0 radical (unpaired) electrons. The molecular formula is C15H21N3O. The lowest BCUT2D eigenvalue weighted by Gasteiger charge is -1.99. The van der Waals surface area contributed by atoms with Crippen molar-refractivity contribution >= 4 is 22.9 Å². The number of hydrogen-bond donors (Lipinski definition) is 1. The SMILES string of the molecule is CC1CCOC1.CC=Nc1cnc2[nH]ccc2c1C. The number of aliphatic imine (C=N–C) groups is 1. The molecule has 2 aromatic heterocycles. The first-order valence-electron chi connectivity index (χ1n) is 6.71. The van der Waals surface area contributed by atoms with Gasteiger partial charge < -0.3 is 9.72 Å². The predicted octanol–water partition coefficient (Wildman–Crippen LogP) is 3.64. The number of ether oxygens (including phenoxy) is 1. The molecule has 3 rings (SSSR count). The van der Waals surface area contributed by atoms with Crippen molar-refractivity contribution in [1.82, 2.24) is 9.97 Å². The Labute approximate surface area is 113 Å². The summed E-state index contributed by atoms with van der Waals surface area (Å²) in [5.74, 6) is 0.824. The number of pyridine rings is 1. The van der Waals surface area contributed by atoms with Crippen LogP contribution in [0.3, 0.4) is 0 Å². The predicted molar refractivity (Wildman–Crippen MR) is 79.3 cm³/mol. The normalized spacial score (nSPS) is 18.8. The molecule has 0 saturated carbocycles. The van der Waals surface area contributed by atoms with Gasteiger partial charge in [-0.05, 0) is 37.8 Å². The van der Waals surface area contributed by atoms with E-state index in [0.717, 1.165) is 35.9 Å². The Morgan fingerprint density at radius 2 is 2.37 bits per heavy atom. The molecule has 2 aromatic rings. The van der Waals surface area contributed by atoms with Gasteiger partial charge in [0.05, 0.1) is 11.9 Å². The minimum Gasteiger partial charge on any atom is -0.381 e. The highest BCUT2D eigenvalue weighted by molar-refractivity contribution is 5.84. The summed E-state index contributed by atoms with van der Waals surface area (Å²) in [7, 11) is 0. The van der Waals surface area contributed by atoms with Gasteiger partial charge in [-0.15, -0.1) is 0 Å². The van der Waals surface area contributed by atoms with Crippen molar-refractivity contribution in [3.8, 4) is 0 Å². The molecule has 0 aromatic carbocycles. The van der Waals surface area contributed by atoms with Crippen molar-refractivity contribution < 1.29 is 4.74 Å². The monoisotopic (exact) mass is 259 g/mol. The van der Waals surface area contributed by atoms with E-state index in [4.69, 9.17) is 4.74 Å². The molecule has 1 fully saturated rings. The third kappa shape index (κ3) is 3.41. The van der Waals surface area contributed by atoms with Crippen LogP contribution in [0.5, 0.6) is 0 Å². The van der Waals surface area contributed by atoms with Crippen LogP contribution in [0.2, 0.25) is 0 Å². The number of aromatic amines is 1. The third-order valence-electron chi connectivity index (χ3n) is 3.25. The second-order valence-electron chi connectivity index (χ2n) is 4.86. The van der Waals surface area contributed by atoms with E-state index in [9.17, 15) is 0 Å². The van der Waals surface area contributed by atoms with Gasteiger partial charge in [0.1, 0.15) is 5.65 Å². The molecular weight excluding hydrogens is 238 g/mol. The summed E-state index contributed by atoms with van der Waals surface area (Å²) in [6.07, 6.45) is 6.72. The van der Waals surface area contributed by atoms with Crippen LogP contribution in [0.1, 0.15) is 25.8 Å². The molecule has 1 aliphatic heterocycles. The highest BCUT2D eigenvalue weighted by Gasteiger charge is 2.07. The van der Waals surface area contributed by atoms with Crippen molar-refractivity contribution in [1.29, 1.82) is 0 Å². The Morgan fingerprint density at radius 1 is 1.53 bits per heavy atom. The first-order valence-corrected chi connectivity index (χ1v) is 6.71. The highest BCUT2D eigenvalue weighted by Crippen LogP contribution is 2.24. The zero-order valence-corrected chi connectivity index (χ0v) is 11.8. The van der Waals surface area contributed by atoms with E-state index in [-0.39, 0.29) is 0 Å². The van der Waals surface area contributed by atoms with Crippen molar-refractivity contribution in [2.45, 2.75) is 27.2 Å². The van der Waals surface area contributed by atoms with Gasteiger partial charge in [-0.2, -0.15) is 0 Å². The lowest BCUT2D eigenvalue weighted by atomic mass is 10.2. The zero-order valence-electron chi connectivity index (χ0n) is 11.8. The standard InChI is InChI=1S/C10H11N3.C5H10O/c1-3-11-9-6-13-10-8(7(9)2)4-5-12-10;1-5-2-3-6-4-5/h3-6H,1-2H3,(H,12,13);5H,2-4H2,1H3. The smallest absolute Gasteiger partial charge is 0.137 e. The Balaban J connectivity index is 0.000000186. The second-order valence-corrected chi connectivity index (χ2v) is 4.86. The molecule has 4 heteroatoms. The number of hydrogen-bond acceptors (Lipinski definition) is 3. The lowest BCUT2D eigenvalue weighted by Crippen LogP contribution is -1.88. The van der Waals surface area contributed by atoms with E-state index in [2.05, 4.69) is 28.8 Å². The zero-order chi connectivity index (χ0) is 13.7. The molecule has 0 aliphatic carbocycles. The highest BCUT2D eigenvalue weighted by atomic mass is 16.5. The van der Waals surface area contributed by atoms with Crippen molar-refractivity contribution in [2.75, 3.05) is 13.2 Å². The first-order chi connectivity index (χ1) is 9.22. The number of nitrogens with zero attached hydrogens (tertiary/aromatic N) is 2. The van der Waals surface area contributed by atoms with Gasteiger partial charge in [0.15, 0.2) is 0 Å². The number of aromatic nitrogens is 2. The van der Waals surface area contributed by atoms with Crippen LogP contribution in [0.4, 0.5) is 5.69 Å². The fraction of sp³-hybridized carbons (Fsp3) is 0.467. The molecule has 0 amide bonds. The van der Waals surface area contributed by atoms with Crippen molar-refractivity contribution in [3.05, 3.63) is 24.0 Å². The number of H-pyrrole nitrogens is 1. The maximum absolute atomic E-state index is 5.06. The van der Waals surface area contributed by atoms with E-state index < -0.39 is 0 Å². The summed E-state index contributed by atoms with van der Waals surface area (Å²) in [5, 5.41) is 1.14. The number of rotatable bonds is 1. The Morgan fingerprint density at radius 3 is 2.95 bits per heavy atom. The summed E-state index contributed by atoms with van der Waals surface area (Å²) >= 11 is 0. The fourth-order valence-electron chi connectivity index (χ4n) is 2.05. The van der Waals surface area contributed by atoms with Gasteiger partial charge in [0.25, 0.3) is 0 Å². The third-order valence-corrected chi connectivity index (χ3v) is 3.25. The molecule has 1 N–H and O–H groups in total. The van der Waals surface area contributed by atoms with Crippen molar-refractivity contribution in [2.24, 2.45) is 10.9 Å². The van der Waals surface area contributed by atoms with Crippen LogP contribution in [0.15, 0.2) is 23.5 Å². The number of aryl methyl sites for hydroxylation is 1. The van der Waals surface area contributed by atoms with E-state index in [0.29, 0.717) is 0 Å². The molecule has 3 heterocycles. The van der Waals surface area contributed by atoms with Crippen LogP contribution in [0, 0.1) is 12.8 Å². The fourth-order valence-corrected chi connectivity index (χ4v) is 2.05. The molecule has 1 saturated heterocycles. The van der Waals surface area contributed by atoms with Crippen LogP contribution in [-0.2, 0) is 4.74 Å². The topological polar surface area (TPSA) is 50.3 Å². The summed E-state index contributed by atoms with van der Waals surface area (Å²) in [6, 6.07) is 2.02. The van der Waals surface area contributed by atoms with E-state index in [1.54, 1.807) is 12.4 Å². The lowest BCUT2D eigenvalue weighted by molar-refractivity contribution is 0.188. The van der Waals surface area contributed by atoms with Gasteiger partial charge >= 0.3 is 0 Å². The average Bonchev–Trinajstić information content (AvgIpc) is 3.05. The molecule has 1 aliphatic rings. The van der Waals surface area contributed by atoms with Crippen LogP contribution >= 0.6 is 0 Å². The van der Waals surface area contributed by atoms with Crippen LogP contribution < -0.4 is 0 Å². The molecule has 1 unspecified atom stereocenters. The van der Waals surface area contributed by atoms with Crippen LogP contribution in [-0.4, -0.2) is 29.4 Å². The summed E-state index contributed by atoms with van der Waals surface area (Å²) in [4.78, 5) is 11.6. The quantitative estimate of drug-likeness (QED) is 0.795. The number of fused-ring (bicyclic) bond motifs is 1. The molecule has 4 nitrogen and oxygen atoms in total. The van der Waals surface area contributed by atoms with Gasteiger partial charge in [0, 0.05) is 31.0 Å². The maximum atomic E-state index is 5.06. The molecule has 102 valence electrons. The van der Waals surface area contributed by atoms with E-state index in [1.165, 1.54) is 12.0 Å². The Hall–Kier alpha value is -1.68. The molecule has 19 heavy (non-hydrogen) atoms. The van der Waals surface area contributed by atoms with Gasteiger partial charge in [-0.3, -0.25) is 4.99 Å².